The molecule has 3 amide bonds. The van der Waals surface area contributed by atoms with Crippen LogP contribution < -0.4 is 5.32 Å². The predicted octanol–water partition coefficient (Wildman–Crippen LogP) is 1.88. The fourth-order valence-electron chi connectivity index (χ4n) is 4.60. The van der Waals surface area contributed by atoms with E-state index >= 15 is 0 Å². The summed E-state index contributed by atoms with van der Waals surface area (Å²) in [6.07, 6.45) is -0.0975. The number of piperidine rings is 2. The minimum atomic E-state index is -4.45. The quantitative estimate of drug-likeness (QED) is 0.779. The van der Waals surface area contributed by atoms with Gasteiger partial charge in [-0.1, -0.05) is 0 Å². The van der Waals surface area contributed by atoms with E-state index in [-0.39, 0.29) is 42.7 Å². The van der Waals surface area contributed by atoms with Crippen LogP contribution in [0.3, 0.4) is 0 Å². The van der Waals surface area contributed by atoms with E-state index in [1.54, 1.807) is 9.80 Å². The van der Waals surface area contributed by atoms with Crippen molar-refractivity contribution in [3.05, 3.63) is 18.2 Å². The topological polar surface area (TPSA) is 79.7 Å². The maximum Gasteiger partial charge on any atom is 0.434 e. The maximum atomic E-state index is 12.9. The molecular formula is C19H26F3N5O3. The molecule has 166 valence electrons. The first-order valence-corrected chi connectivity index (χ1v) is 10.3. The fraction of sp³-hybridized carbons (Fsp3) is 0.737. The zero-order chi connectivity index (χ0) is 21.5. The molecule has 3 atom stereocenters. The lowest BCUT2D eigenvalue weighted by Crippen LogP contribution is -2.62. The Morgan fingerprint density at radius 1 is 1.23 bits per heavy atom. The summed E-state index contributed by atoms with van der Waals surface area (Å²) in [5.41, 5.74) is -0.885. The number of nitrogens with one attached hydrogen (secondary N) is 1. The summed E-state index contributed by atoms with van der Waals surface area (Å²) in [6.45, 7) is 4.09. The van der Waals surface area contributed by atoms with Crippen molar-refractivity contribution >= 4 is 11.9 Å². The Kier molecular flexibility index (Phi) is 5.65. The number of rotatable bonds is 2. The van der Waals surface area contributed by atoms with Gasteiger partial charge in [-0.3, -0.25) is 4.79 Å². The van der Waals surface area contributed by atoms with Crippen molar-refractivity contribution in [1.82, 2.24) is 24.7 Å². The van der Waals surface area contributed by atoms with Gasteiger partial charge < -0.3 is 24.4 Å². The van der Waals surface area contributed by atoms with Gasteiger partial charge in [-0.15, -0.1) is 0 Å². The molecule has 4 heterocycles. The van der Waals surface area contributed by atoms with Crippen molar-refractivity contribution in [3.8, 4) is 0 Å². The van der Waals surface area contributed by atoms with Crippen LogP contribution in [0.4, 0.5) is 18.0 Å². The van der Waals surface area contributed by atoms with Crippen LogP contribution in [0.1, 0.15) is 37.9 Å². The third kappa shape index (κ3) is 4.26. The second-order valence-electron chi connectivity index (χ2n) is 8.31. The Balaban J connectivity index is 1.30. The number of fused-ring (bicyclic) bond motifs is 1. The van der Waals surface area contributed by atoms with Crippen LogP contribution in [0, 0.1) is 5.92 Å². The van der Waals surface area contributed by atoms with E-state index < -0.39 is 11.9 Å². The number of urea groups is 1. The lowest BCUT2D eigenvalue weighted by atomic mass is 9.90. The number of alkyl halides is 3. The number of amides is 3. The second kappa shape index (κ2) is 8.09. The second-order valence-corrected chi connectivity index (χ2v) is 8.31. The van der Waals surface area contributed by atoms with Gasteiger partial charge in [0.1, 0.15) is 6.61 Å². The Hall–Kier alpha value is -2.30. The van der Waals surface area contributed by atoms with Gasteiger partial charge >= 0.3 is 12.2 Å². The summed E-state index contributed by atoms with van der Waals surface area (Å²) in [7, 11) is 0. The van der Waals surface area contributed by atoms with Gasteiger partial charge in [0.25, 0.3) is 0 Å². The van der Waals surface area contributed by atoms with Crippen LogP contribution >= 0.6 is 0 Å². The molecule has 3 aliphatic heterocycles. The van der Waals surface area contributed by atoms with Crippen molar-refractivity contribution in [2.45, 2.75) is 50.6 Å². The molecule has 0 radical (unpaired) electrons. The molecule has 11 heteroatoms. The summed E-state index contributed by atoms with van der Waals surface area (Å²) in [6, 6.07) is -0.358. The molecule has 3 aliphatic rings. The number of imidazole rings is 1. The third-order valence-electron chi connectivity index (χ3n) is 6.45. The highest BCUT2D eigenvalue weighted by Gasteiger charge is 2.39. The molecule has 1 N–H and O–H groups in total. The largest absolute Gasteiger partial charge is 0.434 e. The number of ether oxygens (including phenoxy) is 1. The molecule has 8 nitrogen and oxygen atoms in total. The predicted molar refractivity (Wildman–Crippen MR) is 99.5 cm³/mol. The van der Waals surface area contributed by atoms with Crippen LogP contribution in [-0.4, -0.2) is 76.2 Å². The zero-order valence-corrected chi connectivity index (χ0v) is 16.8. The summed E-state index contributed by atoms with van der Waals surface area (Å²) in [4.78, 5) is 31.5. The number of hydrogen-bond donors (Lipinski definition) is 1. The Morgan fingerprint density at radius 3 is 2.60 bits per heavy atom. The first-order chi connectivity index (χ1) is 14.2. The Labute approximate surface area is 172 Å². The lowest BCUT2D eigenvalue weighted by molar-refractivity contribution is -0.141. The monoisotopic (exact) mass is 429 g/mol. The molecule has 1 aromatic rings. The van der Waals surface area contributed by atoms with Crippen molar-refractivity contribution in [3.63, 3.8) is 0 Å². The first-order valence-electron chi connectivity index (χ1n) is 10.3. The van der Waals surface area contributed by atoms with Gasteiger partial charge in [0.05, 0.1) is 18.5 Å². The number of carbonyl (C=O) groups is 2. The molecule has 1 unspecified atom stereocenters. The standard InChI is InChI=1S/C19H26F3N5O3/c1-12(27-9-16(23-11-27)19(20,21)22)13-2-5-25(6-3-13)18(29)26-7-4-15-14(8-26)24-17(28)10-30-15/h9,11-15H,2-8,10H2,1H3,(H,24,28)/t12?,14-,15+/m1/s1. The van der Waals surface area contributed by atoms with Gasteiger partial charge in [-0.2, -0.15) is 13.2 Å². The van der Waals surface area contributed by atoms with E-state index in [4.69, 9.17) is 4.74 Å². The molecule has 0 saturated carbocycles. The third-order valence-corrected chi connectivity index (χ3v) is 6.45. The Morgan fingerprint density at radius 2 is 1.93 bits per heavy atom. The minimum absolute atomic E-state index is 0.0462. The van der Waals surface area contributed by atoms with Gasteiger partial charge in [0.15, 0.2) is 5.69 Å². The molecule has 3 saturated heterocycles. The van der Waals surface area contributed by atoms with Crippen LogP contribution in [0.15, 0.2) is 12.5 Å². The van der Waals surface area contributed by atoms with E-state index in [2.05, 4.69) is 10.3 Å². The highest BCUT2D eigenvalue weighted by Crippen LogP contribution is 2.32. The molecule has 1 aromatic heterocycles. The number of likely N-dealkylation sites (tertiary alicyclic amines) is 2. The minimum Gasteiger partial charge on any atom is -0.366 e. The zero-order valence-electron chi connectivity index (χ0n) is 16.8. The van der Waals surface area contributed by atoms with Crippen LogP contribution in [0.5, 0.6) is 0 Å². The van der Waals surface area contributed by atoms with Crippen molar-refractivity contribution in [2.24, 2.45) is 5.92 Å². The number of morpholine rings is 1. The SMILES string of the molecule is CC(C1CCN(C(=O)N2CC[C@@H]3OCC(=O)N[C@@H]3C2)CC1)n1cnc(C(F)(F)F)c1. The van der Waals surface area contributed by atoms with E-state index in [0.717, 1.165) is 6.20 Å². The Bertz CT molecular complexity index is 791. The van der Waals surface area contributed by atoms with Crippen LogP contribution in [-0.2, 0) is 15.7 Å². The van der Waals surface area contributed by atoms with E-state index in [0.29, 0.717) is 45.4 Å². The van der Waals surface area contributed by atoms with Gasteiger partial charge in [-0.25, -0.2) is 9.78 Å². The highest BCUT2D eigenvalue weighted by atomic mass is 19.4. The summed E-state index contributed by atoms with van der Waals surface area (Å²) in [5.74, 6) is 0.00892. The summed E-state index contributed by atoms with van der Waals surface area (Å²) in [5, 5.41) is 2.89. The average Bonchev–Trinajstić information content (AvgIpc) is 3.23. The van der Waals surface area contributed by atoms with Crippen molar-refractivity contribution < 1.29 is 27.5 Å². The van der Waals surface area contributed by atoms with Crippen molar-refractivity contribution in [1.29, 1.82) is 0 Å². The molecule has 3 fully saturated rings. The van der Waals surface area contributed by atoms with Gasteiger partial charge in [0, 0.05) is 38.4 Å². The summed E-state index contributed by atoms with van der Waals surface area (Å²) >= 11 is 0. The number of aromatic nitrogens is 2. The number of halogens is 3. The van der Waals surface area contributed by atoms with Gasteiger partial charge in [0.2, 0.25) is 5.91 Å². The van der Waals surface area contributed by atoms with E-state index in [1.807, 2.05) is 6.92 Å². The normalized spacial score (nSPS) is 26.9. The highest BCUT2D eigenvalue weighted by molar-refractivity contribution is 5.79. The van der Waals surface area contributed by atoms with Crippen LogP contribution in [0.25, 0.3) is 0 Å². The number of nitrogens with zero attached hydrogens (tertiary/aromatic N) is 4. The number of hydrogen-bond acceptors (Lipinski definition) is 4. The fourth-order valence-corrected chi connectivity index (χ4v) is 4.60. The number of carbonyl (C=O) groups excluding carboxylic acids is 2. The lowest BCUT2D eigenvalue weighted by Gasteiger charge is -2.43. The van der Waals surface area contributed by atoms with Crippen molar-refractivity contribution in [2.75, 3.05) is 32.8 Å². The van der Waals surface area contributed by atoms with Gasteiger partial charge in [-0.05, 0) is 32.1 Å². The van der Waals surface area contributed by atoms with Crippen LogP contribution in [0.2, 0.25) is 0 Å². The molecule has 0 bridgehead atoms. The molecule has 0 aromatic carbocycles. The molecule has 4 rings (SSSR count). The van der Waals surface area contributed by atoms with E-state index in [9.17, 15) is 22.8 Å². The first kappa shape index (κ1) is 21.0. The maximum absolute atomic E-state index is 12.9. The molecular weight excluding hydrogens is 403 g/mol. The smallest absolute Gasteiger partial charge is 0.366 e. The molecule has 0 aliphatic carbocycles. The van der Waals surface area contributed by atoms with E-state index in [1.165, 1.54) is 10.9 Å². The average molecular weight is 429 g/mol. The molecule has 30 heavy (non-hydrogen) atoms. The summed E-state index contributed by atoms with van der Waals surface area (Å²) < 4.78 is 45.4. The molecule has 0 spiro atoms.